The molecule has 102 valence electrons. The van der Waals surface area contributed by atoms with Gasteiger partial charge in [-0.15, -0.1) is 12.3 Å². The molecule has 0 heterocycles. The van der Waals surface area contributed by atoms with Gasteiger partial charge in [0.05, 0.1) is 0 Å². The Morgan fingerprint density at radius 1 is 1.32 bits per heavy atom. The first-order valence-electron chi connectivity index (χ1n) is 6.37. The molecule has 1 aromatic carbocycles. The van der Waals surface area contributed by atoms with Crippen molar-refractivity contribution in [2.75, 3.05) is 6.54 Å². The molecule has 0 atom stereocenters. The number of ether oxygens (including phenoxy) is 1. The zero-order valence-electron chi connectivity index (χ0n) is 11.8. The van der Waals surface area contributed by atoms with Crippen LogP contribution in [0.1, 0.15) is 32.8 Å². The lowest BCUT2D eigenvalue weighted by atomic mass is 10.2. The fourth-order valence-electron chi connectivity index (χ4n) is 1.56. The highest BCUT2D eigenvalue weighted by Crippen LogP contribution is 2.13. The van der Waals surface area contributed by atoms with Crippen molar-refractivity contribution in [3.8, 4) is 12.3 Å². The fraction of sp³-hybridized carbons (Fsp3) is 0.438. The van der Waals surface area contributed by atoms with E-state index in [1.807, 2.05) is 51.1 Å². The van der Waals surface area contributed by atoms with Crippen LogP contribution in [0.15, 0.2) is 30.3 Å². The zero-order valence-corrected chi connectivity index (χ0v) is 11.8. The van der Waals surface area contributed by atoms with Crippen LogP contribution in [0.3, 0.4) is 0 Å². The van der Waals surface area contributed by atoms with Gasteiger partial charge in [0, 0.05) is 19.5 Å². The van der Waals surface area contributed by atoms with Crippen LogP contribution in [0, 0.1) is 12.3 Å². The largest absolute Gasteiger partial charge is 0.444 e. The van der Waals surface area contributed by atoms with Crippen molar-refractivity contribution in [1.29, 1.82) is 0 Å². The van der Waals surface area contributed by atoms with Crippen molar-refractivity contribution in [2.45, 2.75) is 39.3 Å². The van der Waals surface area contributed by atoms with Crippen LogP contribution < -0.4 is 0 Å². The maximum atomic E-state index is 12.1. The molecule has 0 unspecified atom stereocenters. The Labute approximate surface area is 115 Å². The van der Waals surface area contributed by atoms with Gasteiger partial charge in [0.15, 0.2) is 0 Å². The maximum Gasteiger partial charge on any atom is 0.410 e. The van der Waals surface area contributed by atoms with E-state index in [1.165, 1.54) is 0 Å². The molecule has 0 spiro atoms. The molecule has 0 aromatic heterocycles. The summed E-state index contributed by atoms with van der Waals surface area (Å²) in [6.45, 7) is 6.57. The van der Waals surface area contributed by atoms with Crippen molar-refractivity contribution in [1.82, 2.24) is 4.90 Å². The molecule has 19 heavy (non-hydrogen) atoms. The van der Waals surface area contributed by atoms with Crippen LogP contribution in [0.5, 0.6) is 0 Å². The second kappa shape index (κ2) is 6.84. The molecule has 0 saturated heterocycles. The number of amides is 1. The third-order valence-electron chi connectivity index (χ3n) is 2.39. The summed E-state index contributed by atoms with van der Waals surface area (Å²) >= 11 is 0. The van der Waals surface area contributed by atoms with Gasteiger partial charge in [0.1, 0.15) is 5.60 Å². The molecule has 3 heteroatoms. The first-order valence-corrected chi connectivity index (χ1v) is 6.37. The minimum atomic E-state index is -0.498. The van der Waals surface area contributed by atoms with Gasteiger partial charge in [-0.25, -0.2) is 4.79 Å². The van der Waals surface area contributed by atoms with Crippen LogP contribution in [-0.4, -0.2) is 23.1 Å². The number of rotatable bonds is 4. The van der Waals surface area contributed by atoms with Crippen LogP contribution in [0.4, 0.5) is 4.79 Å². The molecule has 0 bridgehead atoms. The van der Waals surface area contributed by atoms with E-state index >= 15 is 0 Å². The molecule has 0 aliphatic heterocycles. The number of carbonyl (C=O) groups excluding carboxylic acids is 1. The van der Waals surface area contributed by atoms with Crippen molar-refractivity contribution in [3.63, 3.8) is 0 Å². The van der Waals surface area contributed by atoms with E-state index in [-0.39, 0.29) is 6.09 Å². The van der Waals surface area contributed by atoms with Gasteiger partial charge in [0.2, 0.25) is 0 Å². The molecule has 1 amide bonds. The highest BCUT2D eigenvalue weighted by molar-refractivity contribution is 5.68. The minimum Gasteiger partial charge on any atom is -0.444 e. The third-order valence-corrected chi connectivity index (χ3v) is 2.39. The summed E-state index contributed by atoms with van der Waals surface area (Å²) in [4.78, 5) is 13.7. The quantitative estimate of drug-likeness (QED) is 0.775. The lowest BCUT2D eigenvalue weighted by Gasteiger charge is -2.27. The molecule has 0 aliphatic rings. The summed E-state index contributed by atoms with van der Waals surface area (Å²) in [6.07, 6.45) is 5.46. The van der Waals surface area contributed by atoms with Crippen molar-refractivity contribution >= 4 is 6.09 Å². The highest BCUT2D eigenvalue weighted by atomic mass is 16.6. The van der Waals surface area contributed by atoms with Crippen molar-refractivity contribution < 1.29 is 9.53 Å². The summed E-state index contributed by atoms with van der Waals surface area (Å²) in [7, 11) is 0. The molecule has 0 aliphatic carbocycles. The van der Waals surface area contributed by atoms with Gasteiger partial charge < -0.3 is 9.64 Å². The van der Waals surface area contributed by atoms with E-state index < -0.39 is 5.60 Å². The Morgan fingerprint density at radius 3 is 2.47 bits per heavy atom. The minimum absolute atomic E-state index is 0.327. The molecule has 1 rings (SSSR count). The van der Waals surface area contributed by atoms with Gasteiger partial charge in [-0.05, 0) is 26.3 Å². The van der Waals surface area contributed by atoms with E-state index in [2.05, 4.69) is 5.92 Å². The van der Waals surface area contributed by atoms with Crippen LogP contribution >= 0.6 is 0 Å². The number of nitrogens with zero attached hydrogens (tertiary/aromatic N) is 1. The Kier molecular flexibility index (Phi) is 5.44. The predicted octanol–water partition coefficient (Wildman–Crippen LogP) is 3.45. The summed E-state index contributed by atoms with van der Waals surface area (Å²) in [5.74, 6) is 2.55. The van der Waals surface area contributed by atoms with Gasteiger partial charge in [-0.2, -0.15) is 0 Å². The molecule has 0 fully saturated rings. The molecule has 0 N–H and O–H groups in total. The third kappa shape index (κ3) is 5.96. The fourth-order valence-corrected chi connectivity index (χ4v) is 1.56. The van der Waals surface area contributed by atoms with Gasteiger partial charge in [0.25, 0.3) is 0 Å². The highest BCUT2D eigenvalue weighted by Gasteiger charge is 2.21. The maximum absolute atomic E-state index is 12.1. The summed E-state index contributed by atoms with van der Waals surface area (Å²) < 4.78 is 5.39. The number of benzene rings is 1. The van der Waals surface area contributed by atoms with E-state index in [0.717, 1.165) is 5.56 Å². The number of terminal acetylenes is 1. The first kappa shape index (κ1) is 15.1. The SMILES string of the molecule is C#CCCN(Cc1ccccc1)C(=O)OC(C)(C)C. The summed E-state index contributed by atoms with van der Waals surface area (Å²) in [6, 6.07) is 9.80. The van der Waals surface area contributed by atoms with Crippen molar-refractivity contribution in [3.05, 3.63) is 35.9 Å². The second-order valence-electron chi connectivity index (χ2n) is 5.34. The smallest absolute Gasteiger partial charge is 0.410 e. The van der Waals surface area contributed by atoms with Crippen LogP contribution in [-0.2, 0) is 11.3 Å². The van der Waals surface area contributed by atoms with E-state index in [0.29, 0.717) is 19.5 Å². The van der Waals surface area contributed by atoms with E-state index in [1.54, 1.807) is 4.90 Å². The van der Waals surface area contributed by atoms with E-state index in [9.17, 15) is 4.79 Å². The van der Waals surface area contributed by atoms with Gasteiger partial charge in [-0.3, -0.25) is 0 Å². The standard InChI is InChI=1S/C16H21NO2/c1-5-6-12-17(15(18)19-16(2,3)4)13-14-10-8-7-9-11-14/h1,7-11H,6,12-13H2,2-4H3. The van der Waals surface area contributed by atoms with Crippen LogP contribution in [0.25, 0.3) is 0 Å². The molecular formula is C16H21NO2. The molecule has 0 saturated carbocycles. The topological polar surface area (TPSA) is 29.5 Å². The molecule has 3 nitrogen and oxygen atoms in total. The normalized spacial score (nSPS) is 10.6. The number of hydrogen-bond acceptors (Lipinski definition) is 2. The lowest BCUT2D eigenvalue weighted by molar-refractivity contribution is 0.0238. The number of hydrogen-bond donors (Lipinski definition) is 0. The number of carbonyl (C=O) groups is 1. The Hall–Kier alpha value is -1.95. The average Bonchev–Trinajstić information content (AvgIpc) is 2.33. The molecule has 1 aromatic rings. The zero-order chi connectivity index (χ0) is 14.3. The first-order chi connectivity index (χ1) is 8.92. The predicted molar refractivity (Wildman–Crippen MR) is 76.5 cm³/mol. The van der Waals surface area contributed by atoms with Gasteiger partial charge >= 0.3 is 6.09 Å². The second-order valence-corrected chi connectivity index (χ2v) is 5.34. The van der Waals surface area contributed by atoms with Gasteiger partial charge in [-0.1, -0.05) is 30.3 Å². The van der Waals surface area contributed by atoms with E-state index in [4.69, 9.17) is 11.2 Å². The van der Waals surface area contributed by atoms with Crippen LogP contribution in [0.2, 0.25) is 0 Å². The lowest BCUT2D eigenvalue weighted by Crippen LogP contribution is -2.37. The molecule has 0 radical (unpaired) electrons. The summed E-state index contributed by atoms with van der Waals surface area (Å²) in [5, 5.41) is 0. The van der Waals surface area contributed by atoms with Crippen molar-refractivity contribution in [2.24, 2.45) is 0 Å². The Bertz CT molecular complexity index is 440. The average molecular weight is 259 g/mol. The summed E-state index contributed by atoms with van der Waals surface area (Å²) in [5.41, 5.74) is 0.563. The Morgan fingerprint density at radius 2 is 1.95 bits per heavy atom. The Balaban J connectivity index is 2.72. The monoisotopic (exact) mass is 259 g/mol. The molecular weight excluding hydrogens is 238 g/mol.